The molecule has 0 aliphatic carbocycles. The summed E-state index contributed by atoms with van der Waals surface area (Å²) in [5.74, 6) is -0.690. The molecule has 0 rings (SSSR count). The highest BCUT2D eigenvalue weighted by molar-refractivity contribution is 5.70. The number of ether oxygens (including phenoxy) is 2. The maximum Gasteiger partial charge on any atom is 0.306 e. The highest BCUT2D eigenvalue weighted by Gasteiger charge is 2.15. The topological polar surface area (TPSA) is 72.8 Å². The second-order valence-electron chi connectivity index (χ2n) is 11.2. The Morgan fingerprint density at radius 2 is 0.886 bits per heavy atom. The molecule has 44 heavy (non-hydrogen) atoms. The van der Waals surface area contributed by atoms with Crippen LogP contribution in [0.4, 0.5) is 0 Å². The van der Waals surface area contributed by atoms with Crippen molar-refractivity contribution in [3.8, 4) is 0 Å². The Morgan fingerprint density at radius 3 is 1.27 bits per heavy atom. The molecule has 0 amide bonds. The molecule has 0 saturated carbocycles. The quantitative estimate of drug-likeness (QED) is 0.0496. The van der Waals surface area contributed by atoms with Crippen LogP contribution in [0, 0.1) is 0 Å². The van der Waals surface area contributed by atoms with E-state index in [1.54, 1.807) is 0 Å². The molecule has 0 spiro atoms. The zero-order valence-corrected chi connectivity index (χ0v) is 28.1. The smallest absolute Gasteiger partial charge is 0.306 e. The van der Waals surface area contributed by atoms with Crippen molar-refractivity contribution in [2.45, 2.75) is 148 Å². The molecule has 0 aromatic heterocycles. The maximum atomic E-state index is 12.1. The van der Waals surface area contributed by atoms with Crippen molar-refractivity contribution in [2.24, 2.45) is 0 Å². The van der Waals surface area contributed by atoms with E-state index in [4.69, 9.17) is 9.47 Å². The normalized spacial score (nSPS) is 13.1. The van der Waals surface area contributed by atoms with Gasteiger partial charge in [-0.3, -0.25) is 9.59 Å². The first kappa shape index (κ1) is 41.3. The van der Waals surface area contributed by atoms with Crippen molar-refractivity contribution in [1.82, 2.24) is 0 Å². The third-order valence-electron chi connectivity index (χ3n) is 6.97. The molecule has 0 aliphatic heterocycles. The van der Waals surface area contributed by atoms with Crippen molar-refractivity contribution in [3.63, 3.8) is 0 Å². The second kappa shape index (κ2) is 34.8. The minimum atomic E-state index is -0.808. The van der Waals surface area contributed by atoms with Gasteiger partial charge in [0, 0.05) is 12.8 Å². The first-order valence-electron chi connectivity index (χ1n) is 17.5. The molecule has 0 heterocycles. The first-order valence-corrected chi connectivity index (χ1v) is 17.5. The van der Waals surface area contributed by atoms with Crippen LogP contribution in [0.2, 0.25) is 0 Å². The van der Waals surface area contributed by atoms with Gasteiger partial charge in [-0.2, -0.15) is 0 Å². The van der Waals surface area contributed by atoms with Crippen LogP contribution >= 0.6 is 0 Å². The fourth-order valence-electron chi connectivity index (χ4n) is 4.27. The number of esters is 2. The maximum absolute atomic E-state index is 12.1. The van der Waals surface area contributed by atoms with Crippen LogP contribution in [0.1, 0.15) is 142 Å². The van der Waals surface area contributed by atoms with Crippen LogP contribution in [0.5, 0.6) is 0 Å². The summed E-state index contributed by atoms with van der Waals surface area (Å²) < 4.78 is 10.5. The SMILES string of the molecule is CCCCC/C=C\C/C=C\C/C=C\CCCCC(=O)OCC(CO)OC(=O)CCCC/C=C\C/C=C\C/C=C\CCCCC. The number of allylic oxidation sites excluding steroid dienone is 12. The molecule has 0 aromatic carbocycles. The van der Waals surface area contributed by atoms with Gasteiger partial charge in [0.2, 0.25) is 0 Å². The molecule has 1 unspecified atom stereocenters. The molecular weight excluding hydrogens is 548 g/mol. The first-order chi connectivity index (χ1) is 21.6. The van der Waals surface area contributed by atoms with Crippen molar-refractivity contribution in [3.05, 3.63) is 72.9 Å². The molecule has 0 aromatic rings. The van der Waals surface area contributed by atoms with Gasteiger partial charge in [-0.1, -0.05) is 112 Å². The van der Waals surface area contributed by atoms with Crippen molar-refractivity contribution < 1.29 is 24.2 Å². The summed E-state index contributed by atoms with van der Waals surface area (Å²) in [7, 11) is 0. The van der Waals surface area contributed by atoms with Gasteiger partial charge in [0.05, 0.1) is 6.61 Å². The van der Waals surface area contributed by atoms with Gasteiger partial charge in [0.15, 0.2) is 6.10 Å². The molecule has 1 N–H and O–H groups in total. The summed E-state index contributed by atoms with van der Waals surface area (Å²) in [6, 6.07) is 0. The summed E-state index contributed by atoms with van der Waals surface area (Å²) >= 11 is 0. The lowest BCUT2D eigenvalue weighted by Gasteiger charge is -2.15. The fraction of sp³-hybridized carbons (Fsp3) is 0.641. The van der Waals surface area contributed by atoms with E-state index in [2.05, 4.69) is 86.8 Å². The average Bonchev–Trinajstić information content (AvgIpc) is 3.02. The predicted molar refractivity (Wildman–Crippen MR) is 186 cm³/mol. The van der Waals surface area contributed by atoms with E-state index >= 15 is 0 Å². The van der Waals surface area contributed by atoms with Crippen LogP contribution in [0.15, 0.2) is 72.9 Å². The predicted octanol–water partition coefficient (Wildman–Crippen LogP) is 10.6. The lowest BCUT2D eigenvalue weighted by molar-refractivity contribution is -0.161. The van der Waals surface area contributed by atoms with Crippen LogP contribution in [0.3, 0.4) is 0 Å². The Bertz CT molecular complexity index is 833. The highest BCUT2D eigenvalue weighted by atomic mass is 16.6. The lowest BCUT2D eigenvalue weighted by Crippen LogP contribution is -2.28. The number of hydrogen-bond donors (Lipinski definition) is 1. The molecule has 5 heteroatoms. The Hall–Kier alpha value is -2.66. The van der Waals surface area contributed by atoms with Crippen LogP contribution in [-0.4, -0.2) is 36.4 Å². The minimum Gasteiger partial charge on any atom is -0.462 e. The van der Waals surface area contributed by atoms with Gasteiger partial charge in [-0.15, -0.1) is 0 Å². The van der Waals surface area contributed by atoms with Crippen molar-refractivity contribution in [2.75, 3.05) is 13.2 Å². The Balaban J connectivity index is 3.76. The molecule has 0 saturated heterocycles. The van der Waals surface area contributed by atoms with Gasteiger partial charge < -0.3 is 14.6 Å². The van der Waals surface area contributed by atoms with Crippen LogP contribution in [0.25, 0.3) is 0 Å². The second-order valence-corrected chi connectivity index (χ2v) is 11.2. The summed E-state index contributed by atoms with van der Waals surface area (Å²) in [5, 5.41) is 9.51. The van der Waals surface area contributed by atoms with Gasteiger partial charge in [0.1, 0.15) is 6.61 Å². The number of aliphatic hydroxyl groups excluding tert-OH is 1. The standard InChI is InChI=1S/C39H64O5/c1-3-5-7-9-11-13-15-17-19-21-23-25-27-29-31-33-38(41)43-36-37(35-40)44-39(42)34-32-30-28-26-24-22-20-18-16-14-12-10-8-6-4-2/h11-14,17-20,23-26,37,40H,3-10,15-16,21-22,27-36H2,1-2H3/b13-11-,14-12-,19-17-,20-18-,25-23-,26-24-. The van der Waals surface area contributed by atoms with Crippen molar-refractivity contribution >= 4 is 11.9 Å². The molecule has 5 nitrogen and oxygen atoms in total. The molecular formula is C39H64O5. The van der Waals surface area contributed by atoms with Gasteiger partial charge in [-0.05, 0) is 89.9 Å². The van der Waals surface area contributed by atoms with Crippen LogP contribution in [-0.2, 0) is 19.1 Å². The van der Waals surface area contributed by atoms with Gasteiger partial charge >= 0.3 is 11.9 Å². The van der Waals surface area contributed by atoms with E-state index in [1.807, 2.05) is 0 Å². The molecule has 250 valence electrons. The summed E-state index contributed by atoms with van der Waals surface area (Å²) in [6.07, 6.45) is 45.2. The molecule has 0 bridgehead atoms. The highest BCUT2D eigenvalue weighted by Crippen LogP contribution is 2.08. The number of rotatable bonds is 30. The Kier molecular flexibility index (Phi) is 32.7. The van der Waals surface area contributed by atoms with Crippen molar-refractivity contribution in [1.29, 1.82) is 0 Å². The molecule has 1 atom stereocenters. The van der Waals surface area contributed by atoms with E-state index in [9.17, 15) is 14.7 Å². The van der Waals surface area contributed by atoms with Gasteiger partial charge in [-0.25, -0.2) is 0 Å². The fourth-order valence-corrected chi connectivity index (χ4v) is 4.27. The monoisotopic (exact) mass is 612 g/mol. The van der Waals surface area contributed by atoms with E-state index in [1.165, 1.54) is 51.4 Å². The van der Waals surface area contributed by atoms with E-state index < -0.39 is 6.10 Å². The molecule has 0 fully saturated rings. The number of aliphatic hydroxyl groups is 1. The Labute approximate surface area is 270 Å². The number of carbonyl (C=O) groups excluding carboxylic acids is 2. The number of carbonyl (C=O) groups is 2. The van der Waals surface area contributed by atoms with Gasteiger partial charge in [0.25, 0.3) is 0 Å². The largest absolute Gasteiger partial charge is 0.462 e. The summed E-state index contributed by atoms with van der Waals surface area (Å²) in [4.78, 5) is 24.1. The van der Waals surface area contributed by atoms with Crippen LogP contribution < -0.4 is 0 Å². The molecule has 0 radical (unpaired) electrons. The number of hydrogen-bond acceptors (Lipinski definition) is 5. The zero-order chi connectivity index (χ0) is 32.2. The number of unbranched alkanes of at least 4 members (excludes halogenated alkanes) is 10. The summed E-state index contributed by atoms with van der Waals surface area (Å²) in [6.45, 7) is 3.98. The third kappa shape index (κ3) is 32.3. The van der Waals surface area contributed by atoms with E-state index in [0.717, 1.165) is 64.2 Å². The average molecular weight is 613 g/mol. The lowest BCUT2D eigenvalue weighted by atomic mass is 10.1. The van der Waals surface area contributed by atoms with E-state index in [-0.39, 0.29) is 25.2 Å². The zero-order valence-electron chi connectivity index (χ0n) is 28.1. The third-order valence-corrected chi connectivity index (χ3v) is 6.97. The Morgan fingerprint density at radius 1 is 0.523 bits per heavy atom. The van der Waals surface area contributed by atoms with E-state index in [0.29, 0.717) is 12.8 Å². The minimum absolute atomic E-state index is 0.105. The summed E-state index contributed by atoms with van der Waals surface area (Å²) in [5.41, 5.74) is 0. The molecule has 0 aliphatic rings.